The fourth-order valence-electron chi connectivity index (χ4n) is 2.45. The number of hydrogen-bond donors (Lipinski definition) is 2. The minimum atomic E-state index is -0.475. The molecule has 5 nitrogen and oxygen atoms in total. The molecule has 0 aliphatic carbocycles. The van der Waals surface area contributed by atoms with E-state index in [4.69, 9.17) is 16.3 Å². The number of hydrogen-bond acceptors (Lipinski definition) is 5. The first kappa shape index (κ1) is 18.2. The van der Waals surface area contributed by atoms with Gasteiger partial charge in [0.05, 0.1) is 16.6 Å². The number of pyridine rings is 1. The van der Waals surface area contributed by atoms with E-state index in [1.54, 1.807) is 30.7 Å². The molecule has 0 fully saturated rings. The Morgan fingerprint density at radius 1 is 1.19 bits per heavy atom. The highest BCUT2D eigenvalue weighted by Gasteiger charge is 2.10. The van der Waals surface area contributed by atoms with E-state index in [1.165, 1.54) is 0 Å². The fourth-order valence-corrected chi connectivity index (χ4v) is 3.47. The lowest BCUT2D eigenvalue weighted by atomic mass is 10.0. The molecule has 1 amide bonds. The van der Waals surface area contributed by atoms with E-state index < -0.39 is 6.09 Å². The number of thiophene rings is 1. The quantitative estimate of drug-likeness (QED) is 0.574. The number of rotatable bonds is 6. The summed E-state index contributed by atoms with van der Waals surface area (Å²) in [4.78, 5) is 17.0. The number of carbonyl (C=O) groups is 1. The number of anilines is 2. The fraction of sp³-hybridized carbons (Fsp3) is 0.158. The molecule has 0 aliphatic heterocycles. The van der Waals surface area contributed by atoms with Crippen LogP contribution in [0.3, 0.4) is 0 Å². The van der Waals surface area contributed by atoms with Crippen molar-refractivity contribution in [2.24, 2.45) is 0 Å². The molecule has 134 valence electrons. The molecule has 0 bridgehead atoms. The summed E-state index contributed by atoms with van der Waals surface area (Å²) >= 11 is 7.52. The first-order valence-electron chi connectivity index (χ1n) is 8.12. The van der Waals surface area contributed by atoms with Gasteiger partial charge in [0.1, 0.15) is 0 Å². The highest BCUT2D eigenvalue weighted by atomic mass is 35.5. The molecule has 0 spiro atoms. The molecule has 3 rings (SSSR count). The normalized spacial score (nSPS) is 10.4. The first-order valence-corrected chi connectivity index (χ1v) is 9.31. The molecule has 1 aromatic carbocycles. The predicted molar refractivity (Wildman–Crippen MR) is 107 cm³/mol. The van der Waals surface area contributed by atoms with Crippen molar-refractivity contribution in [2.45, 2.75) is 13.5 Å². The maximum absolute atomic E-state index is 11.8. The van der Waals surface area contributed by atoms with Gasteiger partial charge in [0.15, 0.2) is 0 Å². The number of halogens is 1. The number of aromatic nitrogens is 1. The zero-order valence-corrected chi connectivity index (χ0v) is 15.7. The van der Waals surface area contributed by atoms with Gasteiger partial charge in [-0.15, -0.1) is 11.3 Å². The van der Waals surface area contributed by atoms with Crippen LogP contribution in [0.1, 0.15) is 11.8 Å². The molecule has 26 heavy (non-hydrogen) atoms. The van der Waals surface area contributed by atoms with Gasteiger partial charge in [-0.25, -0.2) is 4.79 Å². The third-order valence-corrected chi connectivity index (χ3v) is 4.85. The molecule has 0 unspecified atom stereocenters. The molecule has 0 radical (unpaired) electrons. The number of benzene rings is 1. The number of nitrogens with one attached hydrogen (secondary N) is 2. The second-order valence-corrected chi connectivity index (χ2v) is 7.20. The Bertz CT molecular complexity index is 884. The van der Waals surface area contributed by atoms with Crippen LogP contribution in [-0.2, 0) is 11.3 Å². The molecule has 3 aromatic rings. The summed E-state index contributed by atoms with van der Waals surface area (Å²) in [5, 5.41) is 6.17. The average molecular weight is 388 g/mol. The molecule has 2 N–H and O–H groups in total. The largest absolute Gasteiger partial charge is 0.450 e. The Hall–Kier alpha value is -2.57. The van der Waals surface area contributed by atoms with Crippen LogP contribution in [0, 0.1) is 0 Å². The Morgan fingerprint density at radius 3 is 2.69 bits per heavy atom. The van der Waals surface area contributed by atoms with Gasteiger partial charge in [-0.3, -0.25) is 10.3 Å². The monoisotopic (exact) mass is 387 g/mol. The summed E-state index contributed by atoms with van der Waals surface area (Å²) < 4.78 is 5.76. The van der Waals surface area contributed by atoms with E-state index in [2.05, 4.69) is 15.6 Å². The zero-order chi connectivity index (χ0) is 18.4. The molecule has 2 heterocycles. The van der Waals surface area contributed by atoms with Gasteiger partial charge in [0.2, 0.25) is 0 Å². The summed E-state index contributed by atoms with van der Waals surface area (Å²) in [7, 11) is 0. The number of amides is 1. The van der Waals surface area contributed by atoms with Gasteiger partial charge in [0, 0.05) is 35.1 Å². The van der Waals surface area contributed by atoms with Crippen molar-refractivity contribution in [3.63, 3.8) is 0 Å². The van der Waals surface area contributed by atoms with Gasteiger partial charge in [-0.1, -0.05) is 11.6 Å². The van der Waals surface area contributed by atoms with E-state index in [-0.39, 0.29) is 0 Å². The van der Waals surface area contributed by atoms with E-state index in [9.17, 15) is 4.79 Å². The van der Waals surface area contributed by atoms with Crippen molar-refractivity contribution >= 4 is 40.4 Å². The van der Waals surface area contributed by atoms with E-state index in [1.807, 2.05) is 42.5 Å². The molecule has 0 atom stereocenters. The van der Waals surface area contributed by atoms with Crippen LogP contribution in [0.15, 0.2) is 54.9 Å². The smallest absolute Gasteiger partial charge is 0.411 e. The maximum Gasteiger partial charge on any atom is 0.411 e. The Balaban J connectivity index is 1.84. The third kappa shape index (κ3) is 4.74. The van der Waals surface area contributed by atoms with Crippen molar-refractivity contribution < 1.29 is 9.53 Å². The van der Waals surface area contributed by atoms with Crippen LogP contribution in [0.5, 0.6) is 0 Å². The molecule has 0 saturated heterocycles. The van der Waals surface area contributed by atoms with Crippen LogP contribution in [0.2, 0.25) is 4.34 Å². The van der Waals surface area contributed by atoms with Gasteiger partial charge in [0.25, 0.3) is 0 Å². The second-order valence-electron chi connectivity index (χ2n) is 5.40. The summed E-state index contributed by atoms with van der Waals surface area (Å²) in [6.07, 6.45) is 2.96. The zero-order valence-electron chi connectivity index (χ0n) is 14.2. The first-order chi connectivity index (χ1) is 12.7. The second kappa shape index (κ2) is 8.69. The van der Waals surface area contributed by atoms with Crippen molar-refractivity contribution in [3.8, 4) is 11.1 Å². The minimum Gasteiger partial charge on any atom is -0.450 e. The van der Waals surface area contributed by atoms with Crippen molar-refractivity contribution in [1.29, 1.82) is 0 Å². The van der Waals surface area contributed by atoms with Gasteiger partial charge in [-0.2, -0.15) is 0 Å². The maximum atomic E-state index is 11.8. The van der Waals surface area contributed by atoms with Gasteiger partial charge < -0.3 is 10.1 Å². The Labute approximate surface area is 161 Å². The average Bonchev–Trinajstić information content (AvgIpc) is 3.07. The molecule has 2 aromatic heterocycles. The summed E-state index contributed by atoms with van der Waals surface area (Å²) in [5.74, 6) is 0. The lowest BCUT2D eigenvalue weighted by Gasteiger charge is -2.14. The molecule has 0 aliphatic rings. The van der Waals surface area contributed by atoms with E-state index in [0.29, 0.717) is 18.8 Å². The Kier molecular flexibility index (Phi) is 6.09. The minimum absolute atomic E-state index is 0.319. The standard InChI is InChI=1S/C19H18ClN3O2S/c1-2-25-19(24)23-17-5-3-14(22-12-15-4-6-18(20)26-15)11-16(17)13-7-9-21-10-8-13/h3-11,22H,2,12H2,1H3,(H,23,24). The lowest BCUT2D eigenvalue weighted by molar-refractivity contribution is 0.168. The van der Waals surface area contributed by atoms with E-state index in [0.717, 1.165) is 26.0 Å². The predicted octanol–water partition coefficient (Wildman–Crippen LogP) is 5.64. The molecular formula is C19H18ClN3O2S. The van der Waals surface area contributed by atoms with Crippen molar-refractivity contribution in [1.82, 2.24) is 4.98 Å². The SMILES string of the molecule is CCOC(=O)Nc1ccc(NCc2ccc(Cl)s2)cc1-c1ccncc1. The summed E-state index contributed by atoms with van der Waals surface area (Å²) in [6, 6.07) is 13.4. The van der Waals surface area contributed by atoms with Crippen LogP contribution in [0.25, 0.3) is 11.1 Å². The van der Waals surface area contributed by atoms with Crippen LogP contribution >= 0.6 is 22.9 Å². The van der Waals surface area contributed by atoms with Crippen molar-refractivity contribution in [2.75, 3.05) is 17.2 Å². The van der Waals surface area contributed by atoms with Crippen LogP contribution in [0.4, 0.5) is 16.2 Å². The van der Waals surface area contributed by atoms with E-state index >= 15 is 0 Å². The highest BCUT2D eigenvalue weighted by Crippen LogP contribution is 2.31. The number of carbonyl (C=O) groups excluding carboxylic acids is 1. The van der Waals surface area contributed by atoms with Crippen LogP contribution < -0.4 is 10.6 Å². The van der Waals surface area contributed by atoms with Crippen molar-refractivity contribution in [3.05, 3.63) is 64.1 Å². The topological polar surface area (TPSA) is 63.2 Å². The summed E-state index contributed by atoms with van der Waals surface area (Å²) in [6.45, 7) is 2.77. The Morgan fingerprint density at radius 2 is 2.00 bits per heavy atom. The third-order valence-electron chi connectivity index (χ3n) is 3.62. The van der Waals surface area contributed by atoms with Gasteiger partial charge in [-0.05, 0) is 55.0 Å². The van der Waals surface area contributed by atoms with Gasteiger partial charge >= 0.3 is 6.09 Å². The number of ether oxygens (including phenoxy) is 1. The number of nitrogens with zero attached hydrogens (tertiary/aromatic N) is 1. The van der Waals surface area contributed by atoms with Crippen LogP contribution in [-0.4, -0.2) is 17.7 Å². The molecule has 0 saturated carbocycles. The lowest BCUT2D eigenvalue weighted by Crippen LogP contribution is -2.14. The highest BCUT2D eigenvalue weighted by molar-refractivity contribution is 7.16. The molecular weight excluding hydrogens is 370 g/mol. The molecule has 7 heteroatoms. The summed E-state index contributed by atoms with van der Waals surface area (Å²) in [5.41, 5.74) is 3.46.